The van der Waals surface area contributed by atoms with Gasteiger partial charge in [-0.25, -0.2) is 0 Å². The number of allylic oxidation sites excluding steroid dienone is 5. The third-order valence-electron chi connectivity index (χ3n) is 6.42. The molecule has 1 atom stereocenters. The Morgan fingerprint density at radius 2 is 1.08 bits per heavy atom. The van der Waals surface area contributed by atoms with Gasteiger partial charge in [0.25, 0.3) is 0 Å². The quantitative estimate of drug-likeness (QED) is 0.310. The van der Waals surface area contributed by atoms with Gasteiger partial charge in [-0.1, -0.05) is 54.6 Å². The molecule has 0 amide bonds. The molecule has 3 aromatic rings. The molecule has 1 unspecified atom stereocenters. The van der Waals surface area contributed by atoms with E-state index in [1.54, 1.807) is 0 Å². The van der Waals surface area contributed by atoms with Gasteiger partial charge in [-0.3, -0.25) is 0 Å². The van der Waals surface area contributed by atoms with Crippen molar-refractivity contribution in [2.75, 3.05) is 57.0 Å². The Morgan fingerprint density at radius 1 is 0.595 bits per heavy atom. The van der Waals surface area contributed by atoms with Gasteiger partial charge in [0.05, 0.1) is 0 Å². The van der Waals surface area contributed by atoms with Gasteiger partial charge in [0, 0.05) is 59.3 Å². The van der Waals surface area contributed by atoms with E-state index in [0.717, 1.165) is 22.5 Å². The van der Waals surface area contributed by atoms with Crippen molar-refractivity contribution in [2.24, 2.45) is 0 Å². The van der Waals surface area contributed by atoms with E-state index in [0.29, 0.717) is 0 Å². The second-order valence-electron chi connectivity index (χ2n) is 9.84. The number of hydrogen-bond donors (Lipinski definition) is 0. The number of anilines is 3. The molecule has 1 aliphatic rings. The minimum atomic E-state index is -0.160. The Kier molecular flexibility index (Phi) is 8.19. The first kappa shape index (κ1) is 25.9. The average Bonchev–Trinajstić information content (AvgIpc) is 2.91. The summed E-state index contributed by atoms with van der Waals surface area (Å²) in [5, 5.41) is 0. The molecule has 0 saturated carbocycles. The van der Waals surface area contributed by atoms with Crippen LogP contribution >= 0.6 is 0 Å². The summed E-state index contributed by atoms with van der Waals surface area (Å²) < 4.78 is 6.42. The van der Waals surface area contributed by atoms with Crippen LogP contribution in [0.15, 0.2) is 109 Å². The molecule has 4 heteroatoms. The van der Waals surface area contributed by atoms with Gasteiger partial charge in [0.15, 0.2) is 0 Å². The predicted molar refractivity (Wildman–Crippen MR) is 160 cm³/mol. The minimum absolute atomic E-state index is 0.160. The van der Waals surface area contributed by atoms with Crippen LogP contribution in [0.3, 0.4) is 0 Å². The van der Waals surface area contributed by atoms with Gasteiger partial charge in [0.1, 0.15) is 11.9 Å². The maximum atomic E-state index is 6.42. The number of benzene rings is 3. The molecule has 37 heavy (non-hydrogen) atoms. The fourth-order valence-corrected chi connectivity index (χ4v) is 4.13. The van der Waals surface area contributed by atoms with E-state index in [-0.39, 0.29) is 6.10 Å². The molecule has 0 radical (unpaired) electrons. The number of nitrogens with zero attached hydrogens (tertiary/aromatic N) is 3. The fraction of sp³-hybridized carbons (Fsp3) is 0.212. The molecule has 4 nitrogen and oxygen atoms in total. The van der Waals surface area contributed by atoms with Crippen molar-refractivity contribution in [1.82, 2.24) is 0 Å². The summed E-state index contributed by atoms with van der Waals surface area (Å²) in [6, 6.07) is 25.7. The first-order valence-corrected chi connectivity index (χ1v) is 12.6. The second-order valence-corrected chi connectivity index (χ2v) is 9.84. The van der Waals surface area contributed by atoms with E-state index in [1.807, 2.05) is 12.2 Å². The molecule has 0 spiro atoms. The van der Waals surface area contributed by atoms with Gasteiger partial charge in [-0.15, -0.1) is 0 Å². The molecule has 0 saturated heterocycles. The zero-order valence-electron chi connectivity index (χ0n) is 22.7. The summed E-state index contributed by atoms with van der Waals surface area (Å²) >= 11 is 0. The number of rotatable bonds is 8. The van der Waals surface area contributed by atoms with Crippen molar-refractivity contribution in [1.29, 1.82) is 0 Å². The lowest BCUT2D eigenvalue weighted by Crippen LogP contribution is -2.10. The lowest BCUT2D eigenvalue weighted by molar-refractivity contribution is 0.164. The van der Waals surface area contributed by atoms with Crippen LogP contribution in [0.2, 0.25) is 0 Å². The molecule has 0 bridgehead atoms. The molecular weight excluding hydrogens is 454 g/mol. The van der Waals surface area contributed by atoms with Gasteiger partial charge >= 0.3 is 0 Å². The van der Waals surface area contributed by atoms with Crippen molar-refractivity contribution < 1.29 is 4.74 Å². The highest BCUT2D eigenvalue weighted by Gasteiger charge is 2.18. The van der Waals surface area contributed by atoms with Gasteiger partial charge in [-0.2, -0.15) is 0 Å². The molecule has 1 aliphatic heterocycles. The van der Waals surface area contributed by atoms with Crippen LogP contribution in [-0.2, 0) is 4.74 Å². The first-order chi connectivity index (χ1) is 17.8. The van der Waals surface area contributed by atoms with Gasteiger partial charge in [0.2, 0.25) is 0 Å². The van der Waals surface area contributed by atoms with Crippen LogP contribution in [0.5, 0.6) is 0 Å². The second kappa shape index (κ2) is 11.7. The molecular formula is C33H37N3O. The van der Waals surface area contributed by atoms with Crippen LogP contribution in [0, 0.1) is 0 Å². The van der Waals surface area contributed by atoms with E-state index in [9.17, 15) is 0 Å². The van der Waals surface area contributed by atoms with Gasteiger partial charge in [-0.05, 0) is 76.9 Å². The molecule has 0 fully saturated rings. The summed E-state index contributed by atoms with van der Waals surface area (Å²) in [4.78, 5) is 6.32. The third-order valence-corrected chi connectivity index (χ3v) is 6.42. The summed E-state index contributed by atoms with van der Waals surface area (Å²) in [5.41, 5.74) is 8.16. The Balaban J connectivity index is 1.58. The smallest absolute Gasteiger partial charge is 0.143 e. The summed E-state index contributed by atoms with van der Waals surface area (Å²) in [6.45, 7) is 0. The predicted octanol–water partition coefficient (Wildman–Crippen LogP) is 7.19. The summed E-state index contributed by atoms with van der Waals surface area (Å²) in [5.74, 6) is 0.837. The van der Waals surface area contributed by atoms with Gasteiger partial charge < -0.3 is 19.4 Å². The standard InChI is InChI=1S/C33H37N3O/c1-34(2)29-17-11-25(12-18-29)9-7-8-10-32-23-28(26-13-19-30(20-14-26)35(3)4)24-33(37-32)27-15-21-31(22-16-27)36(5)6/h7-24,33H,1-6H3. The van der Waals surface area contributed by atoms with Crippen molar-refractivity contribution in [3.8, 4) is 0 Å². The topological polar surface area (TPSA) is 19.0 Å². The minimum Gasteiger partial charge on any atom is -0.482 e. The highest BCUT2D eigenvalue weighted by Crippen LogP contribution is 2.34. The zero-order valence-corrected chi connectivity index (χ0v) is 22.7. The highest BCUT2D eigenvalue weighted by atomic mass is 16.5. The van der Waals surface area contributed by atoms with Crippen LogP contribution in [0.25, 0.3) is 11.6 Å². The SMILES string of the molecule is CN(C)c1ccc(C=CC=CC2=CC(c3ccc(N(C)C)cc3)=CC(c3ccc(N(C)C)cc3)O2)cc1. The zero-order chi connectivity index (χ0) is 26.4. The largest absolute Gasteiger partial charge is 0.482 e. The molecule has 3 aromatic carbocycles. The first-order valence-electron chi connectivity index (χ1n) is 12.6. The molecule has 190 valence electrons. The Labute approximate surface area is 222 Å². The summed E-state index contributed by atoms with van der Waals surface area (Å²) in [6.07, 6.45) is 12.4. The monoisotopic (exact) mass is 491 g/mol. The fourth-order valence-electron chi connectivity index (χ4n) is 4.13. The van der Waals surface area contributed by atoms with E-state index in [1.165, 1.54) is 22.6 Å². The van der Waals surface area contributed by atoms with Crippen molar-refractivity contribution in [3.63, 3.8) is 0 Å². The van der Waals surface area contributed by atoms with Crippen molar-refractivity contribution >= 4 is 28.7 Å². The average molecular weight is 492 g/mol. The van der Waals surface area contributed by atoms with E-state index >= 15 is 0 Å². The highest BCUT2D eigenvalue weighted by molar-refractivity contribution is 5.77. The molecule has 0 N–H and O–H groups in total. The van der Waals surface area contributed by atoms with E-state index < -0.39 is 0 Å². The lowest BCUT2D eigenvalue weighted by atomic mass is 9.97. The van der Waals surface area contributed by atoms with Crippen molar-refractivity contribution in [3.05, 3.63) is 126 Å². The van der Waals surface area contributed by atoms with Crippen LogP contribution < -0.4 is 14.7 Å². The number of ether oxygens (including phenoxy) is 1. The normalized spacial score (nSPS) is 15.4. The van der Waals surface area contributed by atoms with Crippen molar-refractivity contribution in [2.45, 2.75) is 6.10 Å². The van der Waals surface area contributed by atoms with Crippen LogP contribution in [0.1, 0.15) is 22.8 Å². The Hall–Kier alpha value is -4.18. The van der Waals surface area contributed by atoms with E-state index in [2.05, 4.69) is 154 Å². The Bertz CT molecular complexity index is 1290. The molecule has 4 rings (SSSR count). The van der Waals surface area contributed by atoms with Crippen LogP contribution in [-0.4, -0.2) is 42.3 Å². The number of hydrogen-bond acceptors (Lipinski definition) is 4. The lowest BCUT2D eigenvalue weighted by Gasteiger charge is -2.24. The summed E-state index contributed by atoms with van der Waals surface area (Å²) in [7, 11) is 12.3. The molecule has 0 aromatic heterocycles. The maximum absolute atomic E-state index is 6.42. The maximum Gasteiger partial charge on any atom is 0.143 e. The molecule has 1 heterocycles. The Morgan fingerprint density at radius 3 is 1.62 bits per heavy atom. The van der Waals surface area contributed by atoms with E-state index in [4.69, 9.17) is 4.74 Å². The third kappa shape index (κ3) is 6.73. The molecule has 0 aliphatic carbocycles. The van der Waals surface area contributed by atoms with Crippen LogP contribution in [0.4, 0.5) is 17.1 Å².